The summed E-state index contributed by atoms with van der Waals surface area (Å²) in [6, 6.07) is 10.1. The molecular weight excluding hydrogens is 485 g/mol. The number of nitriles is 1. The number of anilines is 2. The summed E-state index contributed by atoms with van der Waals surface area (Å²) in [5.74, 6) is -1.60. The molecule has 1 aliphatic heterocycles. The number of hydrogen-bond donors (Lipinski definition) is 1. The third-order valence-corrected chi connectivity index (χ3v) is 6.94. The van der Waals surface area contributed by atoms with E-state index in [0.717, 1.165) is 28.9 Å². The number of hydrogen-bond acceptors (Lipinski definition) is 5. The van der Waals surface area contributed by atoms with Crippen LogP contribution in [-0.4, -0.2) is 57.1 Å². The Morgan fingerprint density at radius 2 is 1.92 bits per heavy atom. The van der Waals surface area contributed by atoms with Crippen molar-refractivity contribution in [1.82, 2.24) is 4.90 Å². The van der Waals surface area contributed by atoms with Crippen molar-refractivity contribution >= 4 is 23.2 Å². The van der Waals surface area contributed by atoms with Gasteiger partial charge < -0.3 is 19.9 Å². The second-order valence-electron chi connectivity index (χ2n) is 9.64. The van der Waals surface area contributed by atoms with E-state index in [4.69, 9.17) is 4.74 Å². The fraction of sp³-hybridized carbons (Fsp3) is 0.444. The zero-order valence-corrected chi connectivity index (χ0v) is 21.6. The molecule has 7 nitrogen and oxygen atoms in total. The lowest BCUT2D eigenvalue weighted by atomic mass is 9.77. The van der Waals surface area contributed by atoms with Crippen molar-refractivity contribution in [2.24, 2.45) is 11.3 Å². The van der Waals surface area contributed by atoms with E-state index in [9.17, 15) is 28.0 Å². The standard InChI is InChI=1S/C27H31F3N4O3/c1-17-7-6-8-18(2)23(17)34-16-26(19(3)24(34)35,15-33(4)9-10-37-5)25(36)32-22-12-20(14-31)11-21(13-22)27(28,29)30/h6-8,11-13,19H,9-10,15-16H2,1-5H3,(H,32,36)/t19-,26-/m1/s1. The predicted octanol–water partition coefficient (Wildman–Crippen LogP) is 4.38. The summed E-state index contributed by atoms with van der Waals surface area (Å²) in [4.78, 5) is 30.9. The Hall–Kier alpha value is -3.42. The summed E-state index contributed by atoms with van der Waals surface area (Å²) in [6.07, 6.45) is -4.69. The fourth-order valence-corrected chi connectivity index (χ4v) is 4.91. The number of nitrogens with zero attached hydrogens (tertiary/aromatic N) is 3. The van der Waals surface area contributed by atoms with Crippen molar-refractivity contribution in [3.05, 3.63) is 58.7 Å². The van der Waals surface area contributed by atoms with E-state index in [1.54, 1.807) is 32.1 Å². The van der Waals surface area contributed by atoms with Gasteiger partial charge in [0.25, 0.3) is 0 Å². The van der Waals surface area contributed by atoms with Gasteiger partial charge in [-0.15, -0.1) is 0 Å². The Bertz CT molecular complexity index is 1200. The minimum Gasteiger partial charge on any atom is -0.383 e. The van der Waals surface area contributed by atoms with Gasteiger partial charge in [-0.2, -0.15) is 18.4 Å². The van der Waals surface area contributed by atoms with Crippen LogP contribution in [-0.2, 0) is 20.5 Å². The van der Waals surface area contributed by atoms with Gasteiger partial charge in [-0.05, 0) is 50.2 Å². The molecule has 198 valence electrons. The number of halogens is 3. The van der Waals surface area contributed by atoms with E-state index in [1.807, 2.05) is 36.9 Å². The molecule has 1 saturated heterocycles. The van der Waals surface area contributed by atoms with Crippen LogP contribution in [0.5, 0.6) is 0 Å². The van der Waals surface area contributed by atoms with Gasteiger partial charge in [-0.25, -0.2) is 0 Å². The average Bonchev–Trinajstić information content (AvgIpc) is 3.07. The molecule has 0 saturated carbocycles. The minimum absolute atomic E-state index is 0.0475. The molecular formula is C27H31F3N4O3. The normalized spacial score (nSPS) is 19.8. The molecule has 1 aliphatic rings. The molecule has 0 unspecified atom stereocenters. The van der Waals surface area contributed by atoms with Crippen LogP contribution >= 0.6 is 0 Å². The van der Waals surface area contributed by atoms with Crippen LogP contribution in [0, 0.1) is 36.5 Å². The molecule has 2 aromatic carbocycles. The number of amides is 2. The summed E-state index contributed by atoms with van der Waals surface area (Å²) in [5, 5.41) is 11.8. The van der Waals surface area contributed by atoms with Gasteiger partial charge in [0, 0.05) is 38.1 Å². The number of likely N-dealkylation sites (N-methyl/N-ethyl adjacent to an activating group) is 1. The third kappa shape index (κ3) is 5.78. The number of ether oxygens (including phenoxy) is 1. The minimum atomic E-state index is -4.69. The highest BCUT2D eigenvalue weighted by atomic mass is 19.4. The van der Waals surface area contributed by atoms with Crippen LogP contribution in [0.3, 0.4) is 0 Å². The van der Waals surface area contributed by atoms with Crippen molar-refractivity contribution in [3.8, 4) is 6.07 Å². The molecule has 1 N–H and O–H groups in total. The molecule has 3 rings (SSSR count). The van der Waals surface area contributed by atoms with Crippen LogP contribution in [0.25, 0.3) is 0 Å². The summed E-state index contributed by atoms with van der Waals surface area (Å²) in [7, 11) is 3.35. The Morgan fingerprint density at radius 1 is 1.27 bits per heavy atom. The lowest BCUT2D eigenvalue weighted by Crippen LogP contribution is -2.50. The third-order valence-electron chi connectivity index (χ3n) is 6.94. The summed E-state index contributed by atoms with van der Waals surface area (Å²) in [5.41, 5.74) is -0.234. The van der Waals surface area contributed by atoms with Gasteiger partial charge in [0.05, 0.1) is 35.1 Å². The number of para-hydroxylation sites is 1. The van der Waals surface area contributed by atoms with Crippen LogP contribution in [0.4, 0.5) is 24.5 Å². The summed E-state index contributed by atoms with van der Waals surface area (Å²) >= 11 is 0. The molecule has 0 radical (unpaired) electrons. The van der Waals surface area contributed by atoms with Crippen LogP contribution in [0.1, 0.15) is 29.2 Å². The zero-order chi connectivity index (χ0) is 27.5. The second kappa shape index (κ2) is 10.9. The molecule has 1 heterocycles. The summed E-state index contributed by atoms with van der Waals surface area (Å²) < 4.78 is 45.4. The second-order valence-corrected chi connectivity index (χ2v) is 9.64. The molecule has 2 atom stereocenters. The van der Waals surface area contributed by atoms with Gasteiger partial charge in [-0.1, -0.05) is 25.1 Å². The quantitative estimate of drug-likeness (QED) is 0.563. The number of rotatable bonds is 8. The highest BCUT2D eigenvalue weighted by Gasteiger charge is 2.56. The molecule has 2 amide bonds. The largest absolute Gasteiger partial charge is 0.416 e. The van der Waals surface area contributed by atoms with E-state index >= 15 is 0 Å². The van der Waals surface area contributed by atoms with Crippen molar-refractivity contribution in [1.29, 1.82) is 5.26 Å². The van der Waals surface area contributed by atoms with Gasteiger partial charge in [0.1, 0.15) is 0 Å². The maximum atomic E-state index is 13.9. The zero-order valence-electron chi connectivity index (χ0n) is 21.6. The number of aryl methyl sites for hydroxylation is 2. The van der Waals surface area contributed by atoms with Crippen molar-refractivity contribution in [3.63, 3.8) is 0 Å². The van der Waals surface area contributed by atoms with E-state index in [0.29, 0.717) is 13.2 Å². The van der Waals surface area contributed by atoms with Crippen molar-refractivity contribution in [2.45, 2.75) is 26.9 Å². The number of carbonyl (C=O) groups is 2. The molecule has 0 aromatic heterocycles. The first-order valence-electron chi connectivity index (χ1n) is 11.8. The lowest BCUT2D eigenvalue weighted by molar-refractivity contribution is -0.137. The predicted molar refractivity (Wildman–Crippen MR) is 134 cm³/mol. The molecule has 0 aliphatic carbocycles. The number of benzene rings is 2. The topological polar surface area (TPSA) is 85.7 Å². The van der Waals surface area contributed by atoms with Crippen molar-refractivity contribution < 1.29 is 27.5 Å². The van der Waals surface area contributed by atoms with E-state index in [-0.39, 0.29) is 30.2 Å². The molecule has 2 aromatic rings. The average molecular weight is 517 g/mol. The molecule has 0 spiro atoms. The molecule has 0 bridgehead atoms. The maximum absolute atomic E-state index is 13.9. The first kappa shape index (κ1) is 28.2. The Kier molecular flexibility index (Phi) is 8.30. The van der Waals surface area contributed by atoms with Crippen LogP contribution in [0.15, 0.2) is 36.4 Å². The highest BCUT2D eigenvalue weighted by Crippen LogP contribution is 2.43. The van der Waals surface area contributed by atoms with E-state index in [2.05, 4.69) is 5.32 Å². The maximum Gasteiger partial charge on any atom is 0.416 e. The van der Waals surface area contributed by atoms with Crippen LogP contribution < -0.4 is 10.2 Å². The molecule has 1 fully saturated rings. The lowest BCUT2D eigenvalue weighted by Gasteiger charge is -2.34. The Morgan fingerprint density at radius 3 is 2.49 bits per heavy atom. The highest BCUT2D eigenvalue weighted by molar-refractivity contribution is 6.08. The number of alkyl halides is 3. The smallest absolute Gasteiger partial charge is 0.383 e. The number of carbonyl (C=O) groups excluding carboxylic acids is 2. The summed E-state index contributed by atoms with van der Waals surface area (Å²) in [6.45, 7) is 6.54. The molecule has 37 heavy (non-hydrogen) atoms. The first-order valence-corrected chi connectivity index (χ1v) is 11.8. The number of methoxy groups -OCH3 is 1. The van der Waals surface area contributed by atoms with Gasteiger partial charge in [0.2, 0.25) is 11.8 Å². The van der Waals surface area contributed by atoms with E-state index < -0.39 is 29.0 Å². The Labute approximate surface area is 214 Å². The molecule has 10 heteroatoms. The van der Waals surface area contributed by atoms with Gasteiger partial charge in [0.15, 0.2) is 0 Å². The Balaban J connectivity index is 2.05. The fourth-order valence-electron chi connectivity index (χ4n) is 4.91. The van der Waals surface area contributed by atoms with Gasteiger partial charge >= 0.3 is 6.18 Å². The first-order chi connectivity index (χ1) is 17.3. The van der Waals surface area contributed by atoms with Crippen LogP contribution in [0.2, 0.25) is 0 Å². The number of nitrogens with one attached hydrogen (secondary N) is 1. The van der Waals surface area contributed by atoms with Crippen molar-refractivity contribution in [2.75, 3.05) is 50.6 Å². The van der Waals surface area contributed by atoms with Gasteiger partial charge in [-0.3, -0.25) is 9.59 Å². The van der Waals surface area contributed by atoms with E-state index in [1.165, 1.54) is 6.07 Å². The monoisotopic (exact) mass is 516 g/mol. The SMILES string of the molecule is COCCN(C)C[C@@]1(C(=O)Nc2cc(C#N)cc(C(F)(F)F)c2)CN(c2c(C)cccc2C)C(=O)[C@H]1C.